The van der Waals surface area contributed by atoms with E-state index in [1.54, 1.807) is 22.5 Å². The highest BCUT2D eigenvalue weighted by molar-refractivity contribution is 8.00. The average Bonchev–Trinajstić information content (AvgIpc) is 2.54. The van der Waals surface area contributed by atoms with Crippen molar-refractivity contribution in [1.29, 1.82) is 0 Å². The molecular formula is C16H15Cl2FN2O2S. The first kappa shape index (κ1) is 18.8. The minimum atomic E-state index is -0.393. The smallest absolute Gasteiger partial charge is 0.203 e. The van der Waals surface area contributed by atoms with Crippen LogP contribution in [0.25, 0.3) is 0 Å². The van der Waals surface area contributed by atoms with E-state index >= 15 is 0 Å². The van der Waals surface area contributed by atoms with Crippen molar-refractivity contribution in [2.75, 3.05) is 17.4 Å². The molecule has 0 unspecified atom stereocenters. The maximum Gasteiger partial charge on any atom is 0.203 e. The van der Waals surface area contributed by atoms with Crippen molar-refractivity contribution in [1.82, 2.24) is 0 Å². The third kappa shape index (κ3) is 5.85. The molecule has 0 bridgehead atoms. The molecule has 0 amide bonds. The first-order valence-corrected chi connectivity index (χ1v) is 8.76. The van der Waals surface area contributed by atoms with E-state index in [0.29, 0.717) is 35.1 Å². The molecule has 2 aromatic rings. The number of benzene rings is 2. The molecule has 128 valence electrons. The van der Waals surface area contributed by atoms with Gasteiger partial charge in [-0.05, 0) is 60.8 Å². The molecule has 0 heterocycles. The number of rotatable bonds is 8. The van der Waals surface area contributed by atoms with Gasteiger partial charge in [-0.25, -0.2) is 4.39 Å². The summed E-state index contributed by atoms with van der Waals surface area (Å²) < 4.78 is 15.9. The predicted molar refractivity (Wildman–Crippen MR) is 97.2 cm³/mol. The maximum atomic E-state index is 14.2. The Morgan fingerprint density at radius 3 is 2.42 bits per heavy atom. The largest absolute Gasteiger partial charge is 0.309 e. The molecule has 2 rings (SSSR count). The van der Waals surface area contributed by atoms with Crippen LogP contribution in [0.4, 0.5) is 10.1 Å². The summed E-state index contributed by atoms with van der Waals surface area (Å²) in [5.74, 6) is -0.393. The van der Waals surface area contributed by atoms with Gasteiger partial charge in [0.25, 0.3) is 0 Å². The molecule has 0 saturated carbocycles. The molecule has 0 N–H and O–H groups in total. The SMILES string of the molecule is O=[N+]([O-])CCCCN(Sc1ccc(Cl)cc1)c1cc(Cl)ccc1F. The van der Waals surface area contributed by atoms with E-state index < -0.39 is 5.82 Å². The Morgan fingerprint density at radius 1 is 1.08 bits per heavy atom. The van der Waals surface area contributed by atoms with E-state index in [9.17, 15) is 14.5 Å². The van der Waals surface area contributed by atoms with Crippen molar-refractivity contribution in [3.8, 4) is 0 Å². The van der Waals surface area contributed by atoms with Crippen LogP contribution in [-0.4, -0.2) is 18.0 Å². The molecule has 0 spiro atoms. The van der Waals surface area contributed by atoms with Gasteiger partial charge in [0, 0.05) is 32.8 Å². The zero-order chi connectivity index (χ0) is 17.5. The molecular weight excluding hydrogens is 374 g/mol. The summed E-state index contributed by atoms with van der Waals surface area (Å²) in [6.45, 7) is 0.357. The zero-order valence-corrected chi connectivity index (χ0v) is 15.0. The number of hydrogen-bond acceptors (Lipinski definition) is 4. The highest BCUT2D eigenvalue weighted by Gasteiger charge is 2.14. The lowest BCUT2D eigenvalue weighted by Gasteiger charge is -2.24. The lowest BCUT2D eigenvalue weighted by atomic mass is 10.2. The summed E-state index contributed by atoms with van der Waals surface area (Å²) in [4.78, 5) is 11.0. The molecule has 4 nitrogen and oxygen atoms in total. The van der Waals surface area contributed by atoms with Crippen LogP contribution in [0, 0.1) is 15.9 Å². The first-order chi connectivity index (χ1) is 11.5. The van der Waals surface area contributed by atoms with Crippen LogP contribution < -0.4 is 4.31 Å². The quantitative estimate of drug-likeness (QED) is 0.251. The molecule has 24 heavy (non-hydrogen) atoms. The van der Waals surface area contributed by atoms with Crippen LogP contribution >= 0.6 is 35.1 Å². The molecule has 0 radical (unpaired) electrons. The Kier molecular flexibility index (Phi) is 7.15. The topological polar surface area (TPSA) is 46.4 Å². The van der Waals surface area contributed by atoms with E-state index in [1.165, 1.54) is 24.1 Å². The first-order valence-electron chi connectivity index (χ1n) is 7.23. The van der Waals surface area contributed by atoms with E-state index in [0.717, 1.165) is 4.90 Å². The molecule has 0 aromatic heterocycles. The van der Waals surface area contributed by atoms with E-state index in [4.69, 9.17) is 23.2 Å². The minimum Gasteiger partial charge on any atom is -0.309 e. The fraction of sp³-hybridized carbons (Fsp3) is 0.250. The van der Waals surface area contributed by atoms with Gasteiger partial charge in [0.2, 0.25) is 6.54 Å². The second-order valence-corrected chi connectivity index (χ2v) is 6.97. The molecule has 0 aliphatic rings. The summed E-state index contributed by atoms with van der Waals surface area (Å²) in [5, 5.41) is 11.5. The van der Waals surface area contributed by atoms with Crippen LogP contribution in [0.3, 0.4) is 0 Å². The highest BCUT2D eigenvalue weighted by Crippen LogP contribution is 2.33. The van der Waals surface area contributed by atoms with Crippen LogP contribution in [-0.2, 0) is 0 Å². The lowest BCUT2D eigenvalue weighted by molar-refractivity contribution is -0.480. The van der Waals surface area contributed by atoms with Crippen molar-refractivity contribution in [3.05, 3.63) is 68.4 Å². The van der Waals surface area contributed by atoms with Gasteiger partial charge in [0.05, 0.1) is 5.69 Å². The number of nitrogens with zero attached hydrogens (tertiary/aromatic N) is 2. The van der Waals surface area contributed by atoms with Crippen LogP contribution in [0.5, 0.6) is 0 Å². The van der Waals surface area contributed by atoms with Crippen molar-refractivity contribution < 1.29 is 9.31 Å². The zero-order valence-electron chi connectivity index (χ0n) is 12.6. The van der Waals surface area contributed by atoms with Crippen LogP contribution in [0.2, 0.25) is 10.0 Å². The van der Waals surface area contributed by atoms with Gasteiger partial charge in [-0.15, -0.1) is 0 Å². The predicted octanol–water partition coefficient (Wildman–Crippen LogP) is 5.70. The van der Waals surface area contributed by atoms with Crippen molar-refractivity contribution in [2.24, 2.45) is 0 Å². The van der Waals surface area contributed by atoms with Crippen molar-refractivity contribution in [2.45, 2.75) is 17.7 Å². The lowest BCUT2D eigenvalue weighted by Crippen LogP contribution is -2.18. The molecule has 0 aliphatic carbocycles. The minimum absolute atomic E-state index is 0.0997. The van der Waals surface area contributed by atoms with Crippen molar-refractivity contribution in [3.63, 3.8) is 0 Å². The second-order valence-electron chi connectivity index (χ2n) is 5.01. The normalized spacial score (nSPS) is 10.6. The van der Waals surface area contributed by atoms with Gasteiger partial charge >= 0.3 is 0 Å². The summed E-state index contributed by atoms with van der Waals surface area (Å²) in [6, 6.07) is 11.5. The van der Waals surface area contributed by atoms with Gasteiger partial charge in [-0.2, -0.15) is 0 Å². The fourth-order valence-electron chi connectivity index (χ4n) is 2.01. The molecule has 0 aliphatic heterocycles. The second kappa shape index (κ2) is 9.11. The Balaban J connectivity index is 2.15. The van der Waals surface area contributed by atoms with Crippen LogP contribution in [0.1, 0.15) is 12.8 Å². The molecule has 8 heteroatoms. The summed E-state index contributed by atoms with van der Waals surface area (Å²) in [5.41, 5.74) is 0.351. The van der Waals surface area contributed by atoms with Gasteiger partial charge in [-0.3, -0.25) is 10.1 Å². The summed E-state index contributed by atoms with van der Waals surface area (Å²) >= 11 is 13.2. The number of unbranched alkanes of at least 4 members (excludes halogenated alkanes) is 1. The van der Waals surface area contributed by atoms with Gasteiger partial charge in [0.1, 0.15) is 5.82 Å². The average molecular weight is 389 g/mol. The Labute approximate surface area is 153 Å². The molecule has 0 fully saturated rings. The number of nitro groups is 1. The van der Waals surface area contributed by atoms with E-state index in [1.807, 2.05) is 12.1 Å². The third-order valence-corrected chi connectivity index (χ3v) is 4.73. The highest BCUT2D eigenvalue weighted by atomic mass is 35.5. The van der Waals surface area contributed by atoms with Crippen LogP contribution in [0.15, 0.2) is 47.4 Å². The number of halogens is 3. The third-order valence-electron chi connectivity index (χ3n) is 3.16. The van der Waals surface area contributed by atoms with Gasteiger partial charge < -0.3 is 4.31 Å². The molecule has 2 aromatic carbocycles. The maximum absolute atomic E-state index is 14.2. The summed E-state index contributed by atoms with van der Waals surface area (Å²) in [7, 11) is 0. The number of hydrogen-bond donors (Lipinski definition) is 0. The van der Waals surface area contributed by atoms with E-state index in [-0.39, 0.29) is 11.5 Å². The standard InChI is InChI=1S/C16H15Cl2FN2O2S/c17-12-3-6-14(7-4-12)24-20(9-1-2-10-21(22)23)16-11-13(18)5-8-15(16)19/h3-8,11H,1-2,9-10H2. The molecule has 0 saturated heterocycles. The fourth-order valence-corrected chi connectivity index (χ4v) is 3.27. The van der Waals surface area contributed by atoms with E-state index in [2.05, 4.69) is 0 Å². The summed E-state index contributed by atoms with van der Waals surface area (Å²) in [6.07, 6.45) is 0.986. The Morgan fingerprint density at radius 2 is 1.75 bits per heavy atom. The van der Waals surface area contributed by atoms with Crippen molar-refractivity contribution >= 4 is 40.8 Å². The Hall–Kier alpha value is -1.50. The number of anilines is 1. The molecule has 0 atom stereocenters. The van der Waals surface area contributed by atoms with Gasteiger partial charge in [0.15, 0.2) is 0 Å². The Bertz CT molecular complexity index is 701. The monoisotopic (exact) mass is 388 g/mol. The van der Waals surface area contributed by atoms with Gasteiger partial charge in [-0.1, -0.05) is 23.2 Å².